The summed E-state index contributed by atoms with van der Waals surface area (Å²) >= 11 is 1.49. The highest BCUT2D eigenvalue weighted by Crippen LogP contribution is 2.21. The van der Waals surface area contributed by atoms with Gasteiger partial charge in [-0.2, -0.15) is 5.10 Å². The highest BCUT2D eigenvalue weighted by Gasteiger charge is 2.17. The van der Waals surface area contributed by atoms with Crippen molar-refractivity contribution in [3.63, 3.8) is 0 Å². The number of hydrogen-bond acceptors (Lipinski definition) is 5. The molecule has 1 saturated heterocycles. The molecule has 1 amide bonds. The van der Waals surface area contributed by atoms with Crippen LogP contribution in [0.3, 0.4) is 0 Å². The summed E-state index contributed by atoms with van der Waals surface area (Å²) < 4.78 is 1.86. The normalized spacial score (nSPS) is 17.5. The van der Waals surface area contributed by atoms with Crippen molar-refractivity contribution >= 4 is 22.4 Å². The van der Waals surface area contributed by atoms with E-state index in [9.17, 15) is 4.79 Å². The lowest BCUT2D eigenvalue weighted by Crippen LogP contribution is -2.33. The molecular formula is C21H25N5OS. The molecule has 0 spiro atoms. The Labute approximate surface area is 169 Å². The fourth-order valence-corrected chi connectivity index (χ4v) is 4.30. The number of nitrogens with zero attached hydrogens (tertiary/aromatic N) is 4. The summed E-state index contributed by atoms with van der Waals surface area (Å²) in [6.07, 6.45) is 6.25. The standard InChI is InChI=1S/C21H25N5OS/c1-16-4-2-10-25(12-16)14-19-15-28-21(23-19)24-20(27)18-7-5-17(6-8-18)13-26-11-3-9-22-26/h3,5-9,11,15-16H,2,4,10,12-14H2,1H3,(H,23,24,27). The van der Waals surface area contributed by atoms with Gasteiger partial charge >= 0.3 is 0 Å². The van der Waals surface area contributed by atoms with Gasteiger partial charge in [0.2, 0.25) is 0 Å². The number of thiazole rings is 1. The van der Waals surface area contributed by atoms with Gasteiger partial charge in [-0.1, -0.05) is 19.1 Å². The number of piperidine rings is 1. The van der Waals surface area contributed by atoms with Crippen molar-refractivity contribution in [3.8, 4) is 0 Å². The average Bonchev–Trinajstić information content (AvgIpc) is 3.34. The molecule has 0 radical (unpaired) electrons. The lowest BCUT2D eigenvalue weighted by molar-refractivity contribution is 0.102. The number of anilines is 1. The highest BCUT2D eigenvalue weighted by atomic mass is 32.1. The fraction of sp³-hybridized carbons (Fsp3) is 0.381. The Kier molecular flexibility index (Phi) is 5.83. The van der Waals surface area contributed by atoms with Crippen LogP contribution in [0.15, 0.2) is 48.1 Å². The van der Waals surface area contributed by atoms with Gasteiger partial charge in [-0.05, 0) is 49.1 Å². The highest BCUT2D eigenvalue weighted by molar-refractivity contribution is 7.13. The zero-order valence-electron chi connectivity index (χ0n) is 16.0. The van der Waals surface area contributed by atoms with E-state index in [1.807, 2.05) is 46.6 Å². The minimum Gasteiger partial charge on any atom is -0.298 e. The maximum Gasteiger partial charge on any atom is 0.257 e. The van der Waals surface area contributed by atoms with Crippen molar-refractivity contribution in [2.24, 2.45) is 5.92 Å². The molecule has 1 N–H and O–H groups in total. The SMILES string of the molecule is CC1CCCN(Cc2csc(NC(=O)c3ccc(Cn4cccn4)cc3)n2)C1. The van der Waals surface area contributed by atoms with Gasteiger partial charge in [0.25, 0.3) is 5.91 Å². The van der Waals surface area contributed by atoms with E-state index in [-0.39, 0.29) is 5.91 Å². The van der Waals surface area contributed by atoms with Gasteiger partial charge < -0.3 is 0 Å². The first-order chi connectivity index (χ1) is 13.7. The summed E-state index contributed by atoms with van der Waals surface area (Å²) in [6.45, 7) is 6.12. The largest absolute Gasteiger partial charge is 0.298 e. The van der Waals surface area contributed by atoms with Gasteiger partial charge in [-0.3, -0.25) is 19.7 Å². The van der Waals surface area contributed by atoms with Crippen molar-refractivity contribution in [2.45, 2.75) is 32.9 Å². The molecule has 1 fully saturated rings. The van der Waals surface area contributed by atoms with Crippen LogP contribution in [-0.2, 0) is 13.1 Å². The summed E-state index contributed by atoms with van der Waals surface area (Å²) in [6, 6.07) is 9.51. The number of likely N-dealkylation sites (tertiary alicyclic amines) is 1. The molecule has 1 aliphatic rings. The zero-order valence-corrected chi connectivity index (χ0v) is 16.9. The van der Waals surface area contributed by atoms with Crippen LogP contribution in [0.4, 0.5) is 5.13 Å². The predicted octanol–water partition coefficient (Wildman–Crippen LogP) is 3.87. The minimum absolute atomic E-state index is 0.127. The maximum absolute atomic E-state index is 12.5. The van der Waals surface area contributed by atoms with E-state index < -0.39 is 0 Å². The van der Waals surface area contributed by atoms with Crippen LogP contribution < -0.4 is 5.32 Å². The second-order valence-electron chi connectivity index (χ2n) is 7.48. The Hall–Kier alpha value is -2.51. The molecule has 6 nitrogen and oxygen atoms in total. The molecular weight excluding hydrogens is 370 g/mol. The lowest BCUT2D eigenvalue weighted by atomic mass is 10.0. The molecule has 1 aliphatic heterocycles. The monoisotopic (exact) mass is 395 g/mol. The van der Waals surface area contributed by atoms with E-state index >= 15 is 0 Å². The molecule has 1 aromatic carbocycles. The van der Waals surface area contributed by atoms with Crippen molar-refractivity contribution in [3.05, 3.63) is 64.9 Å². The topological polar surface area (TPSA) is 63.1 Å². The third-order valence-corrected chi connectivity index (χ3v) is 5.83. The van der Waals surface area contributed by atoms with Crippen molar-refractivity contribution in [1.82, 2.24) is 19.7 Å². The second-order valence-corrected chi connectivity index (χ2v) is 8.34. The van der Waals surface area contributed by atoms with E-state index in [4.69, 9.17) is 0 Å². The Morgan fingerprint density at radius 3 is 2.89 bits per heavy atom. The van der Waals surface area contributed by atoms with Crippen LogP contribution in [-0.4, -0.2) is 38.7 Å². The van der Waals surface area contributed by atoms with Gasteiger partial charge in [0.15, 0.2) is 5.13 Å². The molecule has 2 aromatic heterocycles. The van der Waals surface area contributed by atoms with Crippen LogP contribution in [0, 0.1) is 5.92 Å². The van der Waals surface area contributed by atoms with E-state index in [1.165, 1.54) is 24.2 Å². The van der Waals surface area contributed by atoms with E-state index in [2.05, 4.69) is 27.2 Å². The summed E-state index contributed by atoms with van der Waals surface area (Å²) in [7, 11) is 0. The number of benzene rings is 1. The Bertz CT molecular complexity index is 903. The van der Waals surface area contributed by atoms with Crippen molar-refractivity contribution in [1.29, 1.82) is 0 Å². The maximum atomic E-state index is 12.5. The molecule has 3 aromatic rings. The number of amides is 1. The molecule has 0 bridgehead atoms. The number of rotatable bonds is 6. The molecule has 4 rings (SSSR count). The lowest BCUT2D eigenvalue weighted by Gasteiger charge is -2.30. The first-order valence-corrected chi connectivity index (χ1v) is 10.6. The molecule has 1 unspecified atom stereocenters. The van der Waals surface area contributed by atoms with Gasteiger partial charge in [0.05, 0.1) is 12.2 Å². The second kappa shape index (κ2) is 8.67. The summed E-state index contributed by atoms with van der Waals surface area (Å²) in [4.78, 5) is 19.6. The van der Waals surface area contributed by atoms with Gasteiger partial charge in [0.1, 0.15) is 0 Å². The first kappa shape index (κ1) is 18.8. The third kappa shape index (κ3) is 4.85. The van der Waals surface area contributed by atoms with Crippen molar-refractivity contribution < 1.29 is 4.79 Å². The summed E-state index contributed by atoms with van der Waals surface area (Å²) in [5.74, 6) is 0.626. The van der Waals surface area contributed by atoms with Crippen LogP contribution in [0.2, 0.25) is 0 Å². The summed E-state index contributed by atoms with van der Waals surface area (Å²) in [5.41, 5.74) is 2.77. The Morgan fingerprint density at radius 2 is 2.14 bits per heavy atom. The predicted molar refractivity (Wildman–Crippen MR) is 112 cm³/mol. The van der Waals surface area contributed by atoms with Gasteiger partial charge in [0, 0.05) is 36.4 Å². The van der Waals surface area contributed by atoms with E-state index in [1.54, 1.807) is 6.20 Å². The van der Waals surface area contributed by atoms with E-state index in [0.717, 1.165) is 36.8 Å². The molecule has 0 saturated carbocycles. The van der Waals surface area contributed by atoms with Gasteiger partial charge in [-0.25, -0.2) is 4.98 Å². The average molecular weight is 396 g/mol. The molecule has 1 atom stereocenters. The number of aromatic nitrogens is 3. The Balaban J connectivity index is 1.32. The first-order valence-electron chi connectivity index (χ1n) is 9.70. The fourth-order valence-electron chi connectivity index (χ4n) is 3.61. The van der Waals surface area contributed by atoms with Crippen LogP contribution in [0.1, 0.15) is 41.4 Å². The smallest absolute Gasteiger partial charge is 0.257 e. The third-order valence-electron chi connectivity index (χ3n) is 5.02. The van der Waals surface area contributed by atoms with Crippen LogP contribution in [0.25, 0.3) is 0 Å². The molecule has 0 aliphatic carbocycles. The number of carbonyl (C=O) groups is 1. The van der Waals surface area contributed by atoms with Crippen molar-refractivity contribution in [2.75, 3.05) is 18.4 Å². The number of hydrogen-bond donors (Lipinski definition) is 1. The summed E-state index contributed by atoms with van der Waals surface area (Å²) in [5, 5.41) is 9.82. The molecule has 7 heteroatoms. The number of nitrogens with one attached hydrogen (secondary N) is 1. The van der Waals surface area contributed by atoms with Crippen LogP contribution in [0.5, 0.6) is 0 Å². The zero-order chi connectivity index (χ0) is 19.3. The molecule has 28 heavy (non-hydrogen) atoms. The molecule has 3 heterocycles. The quantitative estimate of drug-likeness (QED) is 0.688. The van der Waals surface area contributed by atoms with Gasteiger partial charge in [-0.15, -0.1) is 11.3 Å². The molecule has 146 valence electrons. The Morgan fingerprint density at radius 1 is 1.29 bits per heavy atom. The minimum atomic E-state index is -0.127. The van der Waals surface area contributed by atoms with E-state index in [0.29, 0.717) is 17.2 Å². The number of carbonyl (C=O) groups excluding carboxylic acids is 1. The van der Waals surface area contributed by atoms with Crippen LogP contribution >= 0.6 is 11.3 Å².